The van der Waals surface area contributed by atoms with Crippen LogP contribution in [-0.4, -0.2) is 90.8 Å². The monoisotopic (exact) mass is 701 g/mol. The van der Waals surface area contributed by atoms with Crippen molar-refractivity contribution in [3.05, 3.63) is 74.4 Å². The van der Waals surface area contributed by atoms with E-state index in [-0.39, 0.29) is 52.3 Å². The molecule has 2 amide bonds. The Labute approximate surface area is 281 Å². The lowest BCUT2D eigenvalue weighted by molar-refractivity contribution is -0.137. The summed E-state index contributed by atoms with van der Waals surface area (Å²) in [5.74, 6) is -1.01. The summed E-state index contributed by atoms with van der Waals surface area (Å²) in [6.07, 6.45) is 0.166. The normalized spacial score (nSPS) is 15.6. The molecule has 0 saturated carbocycles. The van der Waals surface area contributed by atoms with Crippen LogP contribution in [0.1, 0.15) is 40.2 Å². The summed E-state index contributed by atoms with van der Waals surface area (Å²) in [6.45, 7) is 4.94. The van der Waals surface area contributed by atoms with Crippen molar-refractivity contribution in [2.75, 3.05) is 50.1 Å². The summed E-state index contributed by atoms with van der Waals surface area (Å²) >= 11 is 6.08. The molecule has 4 aromatic rings. The number of carbonyl (C=O) groups excluding carboxylic acids is 2. The molecule has 2 aliphatic rings. The van der Waals surface area contributed by atoms with Crippen molar-refractivity contribution in [3.8, 4) is 5.75 Å². The largest absolute Gasteiger partial charge is 0.504 e. The molecular weight excluding hydrogens is 671 g/mol. The molecule has 2 aliphatic heterocycles. The number of aryl methyl sites for hydroxylation is 1. The van der Waals surface area contributed by atoms with Crippen LogP contribution in [0.4, 0.5) is 24.5 Å². The van der Waals surface area contributed by atoms with E-state index >= 15 is 0 Å². The Kier molecular flexibility index (Phi) is 8.83. The van der Waals surface area contributed by atoms with Gasteiger partial charge < -0.3 is 29.5 Å². The smallest absolute Gasteiger partial charge is 0.416 e. The quantitative estimate of drug-likeness (QED) is 0.265. The van der Waals surface area contributed by atoms with Crippen LogP contribution in [0.5, 0.6) is 5.75 Å². The molecule has 0 unspecified atom stereocenters. The first-order chi connectivity index (χ1) is 23.2. The van der Waals surface area contributed by atoms with E-state index in [1.165, 1.54) is 13.4 Å². The number of anilines is 2. The predicted molar refractivity (Wildman–Crippen MR) is 172 cm³/mol. The zero-order valence-electron chi connectivity index (χ0n) is 26.6. The molecule has 3 aromatic heterocycles. The van der Waals surface area contributed by atoms with Gasteiger partial charge in [0.1, 0.15) is 18.6 Å². The highest BCUT2D eigenvalue weighted by molar-refractivity contribution is 6.33. The molecule has 1 aromatic carbocycles. The van der Waals surface area contributed by atoms with E-state index in [1.54, 1.807) is 28.5 Å². The second-order valence-corrected chi connectivity index (χ2v) is 12.4. The topological polar surface area (TPSA) is 160 Å². The van der Waals surface area contributed by atoms with E-state index in [4.69, 9.17) is 16.3 Å². The zero-order chi connectivity index (χ0) is 35.2. The van der Waals surface area contributed by atoms with Gasteiger partial charge in [-0.3, -0.25) is 14.4 Å². The Morgan fingerprint density at radius 1 is 1.18 bits per heavy atom. The van der Waals surface area contributed by atoms with E-state index < -0.39 is 29.1 Å². The van der Waals surface area contributed by atoms with Crippen LogP contribution >= 0.6 is 11.6 Å². The maximum absolute atomic E-state index is 14.0. The number of nitrogens with zero attached hydrogens (tertiary/aromatic N) is 8. The first kappa shape index (κ1) is 33.9. The maximum atomic E-state index is 14.0. The Morgan fingerprint density at radius 2 is 1.92 bits per heavy atom. The average Bonchev–Trinajstić information content (AvgIpc) is 3.44. The van der Waals surface area contributed by atoms with Gasteiger partial charge in [-0.15, -0.1) is 5.10 Å². The summed E-state index contributed by atoms with van der Waals surface area (Å²) in [5, 5.41) is 16.9. The third-order valence-corrected chi connectivity index (χ3v) is 8.81. The lowest BCUT2D eigenvalue weighted by Crippen LogP contribution is -2.73. The fourth-order valence-corrected chi connectivity index (χ4v) is 6.42. The number of aromatic hydroxyl groups is 1. The second kappa shape index (κ2) is 12.8. The van der Waals surface area contributed by atoms with Crippen LogP contribution < -0.4 is 15.8 Å². The molecule has 0 aliphatic carbocycles. The van der Waals surface area contributed by atoms with Crippen LogP contribution in [0.3, 0.4) is 0 Å². The number of hydrogen-bond donors (Lipinski definition) is 2. The maximum Gasteiger partial charge on any atom is 0.416 e. The lowest BCUT2D eigenvalue weighted by atomic mass is 9.72. The molecule has 2 fully saturated rings. The Morgan fingerprint density at radius 3 is 2.57 bits per heavy atom. The molecule has 258 valence electrons. The van der Waals surface area contributed by atoms with Gasteiger partial charge in [-0.05, 0) is 37.6 Å². The van der Waals surface area contributed by atoms with Crippen LogP contribution in [0, 0.1) is 12.3 Å². The number of amides is 2. The van der Waals surface area contributed by atoms with E-state index in [2.05, 4.69) is 25.4 Å². The van der Waals surface area contributed by atoms with Crippen molar-refractivity contribution in [1.29, 1.82) is 0 Å². The van der Waals surface area contributed by atoms with Crippen molar-refractivity contribution in [3.63, 3.8) is 0 Å². The van der Waals surface area contributed by atoms with Gasteiger partial charge in [0.05, 0.1) is 34.3 Å². The Hall–Kier alpha value is -5.03. The van der Waals surface area contributed by atoms with Gasteiger partial charge in [-0.2, -0.15) is 22.7 Å². The molecule has 5 heterocycles. The number of ether oxygens (including phenoxy) is 1. The minimum atomic E-state index is -4.61. The van der Waals surface area contributed by atoms with Gasteiger partial charge in [0.15, 0.2) is 17.3 Å². The number of rotatable bonds is 9. The molecule has 2 N–H and O–H groups in total. The molecule has 14 nitrogen and oxygen atoms in total. The average molecular weight is 702 g/mol. The number of benzene rings is 1. The van der Waals surface area contributed by atoms with Crippen LogP contribution in [0.15, 0.2) is 35.4 Å². The Bertz CT molecular complexity index is 2050. The van der Waals surface area contributed by atoms with Gasteiger partial charge in [0.25, 0.3) is 11.5 Å². The molecular formula is C31H31ClF3N9O5. The molecule has 1 spiro atoms. The molecule has 0 atom stereocenters. The summed E-state index contributed by atoms with van der Waals surface area (Å²) in [7, 11) is 1.52. The van der Waals surface area contributed by atoms with Gasteiger partial charge in [0.2, 0.25) is 11.7 Å². The number of carbonyl (C=O) groups is 2. The summed E-state index contributed by atoms with van der Waals surface area (Å²) < 4.78 is 47.1. The number of fused-ring (bicyclic) bond motifs is 1. The summed E-state index contributed by atoms with van der Waals surface area (Å²) in [5.41, 5.74) is -0.683. The molecule has 18 heteroatoms. The van der Waals surface area contributed by atoms with Crippen molar-refractivity contribution in [2.45, 2.75) is 33.0 Å². The minimum absolute atomic E-state index is 0.0149. The van der Waals surface area contributed by atoms with Crippen molar-refractivity contribution < 1.29 is 32.6 Å². The number of aromatic nitrogens is 6. The number of hydrogen-bond acceptors (Lipinski definition) is 10. The first-order valence-corrected chi connectivity index (χ1v) is 15.5. The molecule has 0 radical (unpaired) electrons. The second-order valence-electron chi connectivity index (χ2n) is 12.0. The first-order valence-electron chi connectivity index (χ1n) is 15.1. The fourth-order valence-electron chi connectivity index (χ4n) is 6.19. The van der Waals surface area contributed by atoms with Crippen LogP contribution in [-0.2, 0) is 28.7 Å². The summed E-state index contributed by atoms with van der Waals surface area (Å²) in [4.78, 5) is 56.1. The zero-order valence-corrected chi connectivity index (χ0v) is 27.3. The highest BCUT2D eigenvalue weighted by Gasteiger charge is 2.54. The highest BCUT2D eigenvalue weighted by Crippen LogP contribution is 2.43. The summed E-state index contributed by atoms with van der Waals surface area (Å²) in [6, 6.07) is 2.62. The van der Waals surface area contributed by atoms with Gasteiger partial charge in [-0.25, -0.2) is 9.97 Å². The van der Waals surface area contributed by atoms with Crippen molar-refractivity contribution >= 4 is 46.6 Å². The number of nitrogens with one attached hydrogen (secondary N) is 1. The van der Waals surface area contributed by atoms with Gasteiger partial charge >= 0.3 is 6.18 Å². The van der Waals surface area contributed by atoms with Crippen molar-refractivity contribution in [1.82, 2.24) is 34.0 Å². The van der Waals surface area contributed by atoms with Gasteiger partial charge in [0, 0.05) is 38.7 Å². The highest BCUT2D eigenvalue weighted by atomic mass is 35.5. The molecule has 49 heavy (non-hydrogen) atoms. The fraction of sp³-hybridized carbons (Fsp3) is 0.387. The molecule has 2 saturated heterocycles. The van der Waals surface area contributed by atoms with E-state index in [0.717, 1.165) is 22.7 Å². The number of methoxy groups -OCH3 is 1. The molecule has 0 bridgehead atoms. The van der Waals surface area contributed by atoms with Crippen LogP contribution in [0.2, 0.25) is 5.02 Å². The van der Waals surface area contributed by atoms with Gasteiger partial charge in [-0.1, -0.05) is 24.6 Å². The van der Waals surface area contributed by atoms with E-state index in [1.807, 2.05) is 11.8 Å². The van der Waals surface area contributed by atoms with Crippen molar-refractivity contribution in [2.24, 2.45) is 5.41 Å². The third-order valence-electron chi connectivity index (χ3n) is 8.50. The van der Waals surface area contributed by atoms with E-state index in [9.17, 15) is 32.7 Å². The Balaban J connectivity index is 1.28. The molecule has 6 rings (SSSR count). The minimum Gasteiger partial charge on any atom is -0.504 e. The third kappa shape index (κ3) is 6.30. The van der Waals surface area contributed by atoms with E-state index in [0.29, 0.717) is 49.7 Å². The number of alkyl halides is 3. The van der Waals surface area contributed by atoms with Crippen LogP contribution in [0.25, 0.3) is 11.9 Å². The number of halogens is 4. The SMILES string of the molecule is CCc1c(N2CC3(CN(C(=O)c4ncnc(C)c4O)C3)C2)c(=O)n2nc(/C=C/COC)nc2n1CC(=O)Nc1ccc(C(F)(F)F)cc1Cl. The standard InChI is InChI=1S/C31H31ClF3N9O5/c1-4-21-25(41-12-30(13-41)14-42(15-30)27(47)24-26(46)17(2)36-16-37-24)28(48)44-29(39-22(40-44)6-5-9-49-3)43(21)11-23(45)38-20-8-7-18(10-19(20)32)31(33,34)35/h5-8,10,16,46H,4,9,11-15H2,1-3H3,(H,38,45)/b6-5+. The number of likely N-dealkylation sites (tertiary alicyclic amines) is 1. The lowest BCUT2D eigenvalue weighted by Gasteiger charge is -2.60. The predicted octanol–water partition coefficient (Wildman–Crippen LogP) is 3.19.